The number of benzene rings is 1. The molecule has 0 bridgehead atoms. The zero-order chi connectivity index (χ0) is 19.6. The molecule has 0 unspecified atom stereocenters. The molecule has 0 aliphatic rings. The maximum Gasteiger partial charge on any atom is 0.387 e. The predicted molar refractivity (Wildman–Crippen MR) is 88.9 cm³/mol. The Morgan fingerprint density at radius 2 is 2.00 bits per heavy atom. The number of ether oxygens (including phenoxy) is 2. The SMILES string of the molecule is CCOC(=O)c1cn(CCBr)c2c(OC(F)F)c(F)c(F)c(N)c2c1=O. The number of carbonyl (C=O) groups excluding carboxylic acids is 1. The van der Waals surface area contributed by atoms with Gasteiger partial charge < -0.3 is 19.8 Å². The number of nitrogens with two attached hydrogens (primary N) is 1. The molecule has 2 N–H and O–H groups in total. The molecule has 0 aliphatic heterocycles. The summed E-state index contributed by atoms with van der Waals surface area (Å²) in [4.78, 5) is 24.6. The number of hydrogen-bond donors (Lipinski definition) is 1. The van der Waals surface area contributed by atoms with Crippen LogP contribution >= 0.6 is 15.9 Å². The molecule has 11 heteroatoms. The largest absolute Gasteiger partial charge is 0.462 e. The van der Waals surface area contributed by atoms with Crippen LogP contribution in [0.25, 0.3) is 10.9 Å². The second-order valence-electron chi connectivity index (χ2n) is 4.95. The first kappa shape index (κ1) is 20.0. The van der Waals surface area contributed by atoms with Gasteiger partial charge in [-0.05, 0) is 6.92 Å². The molecule has 2 rings (SSSR count). The Kier molecular flexibility index (Phi) is 6.11. The second kappa shape index (κ2) is 7.94. The van der Waals surface area contributed by atoms with Crippen LogP contribution in [0.4, 0.5) is 23.2 Å². The molecule has 1 aromatic heterocycles. The van der Waals surface area contributed by atoms with E-state index in [4.69, 9.17) is 10.5 Å². The third-order valence-electron chi connectivity index (χ3n) is 3.42. The molecule has 26 heavy (non-hydrogen) atoms. The van der Waals surface area contributed by atoms with Gasteiger partial charge in [-0.3, -0.25) is 4.79 Å². The van der Waals surface area contributed by atoms with Crippen molar-refractivity contribution in [1.82, 2.24) is 4.57 Å². The van der Waals surface area contributed by atoms with Crippen molar-refractivity contribution in [3.05, 3.63) is 33.6 Å². The van der Waals surface area contributed by atoms with Gasteiger partial charge >= 0.3 is 12.6 Å². The average molecular weight is 441 g/mol. The number of aryl methyl sites for hydroxylation is 1. The van der Waals surface area contributed by atoms with E-state index in [0.29, 0.717) is 0 Å². The van der Waals surface area contributed by atoms with Gasteiger partial charge in [0.25, 0.3) is 0 Å². The fourth-order valence-corrected chi connectivity index (χ4v) is 2.79. The molecule has 1 aromatic carbocycles. The van der Waals surface area contributed by atoms with Gasteiger partial charge in [-0.15, -0.1) is 0 Å². The first-order valence-corrected chi connectivity index (χ1v) is 8.38. The molecule has 0 saturated heterocycles. The number of nitrogens with zero attached hydrogens (tertiary/aromatic N) is 1. The first-order chi connectivity index (χ1) is 12.2. The Bertz CT molecular complexity index is 917. The molecule has 0 aliphatic carbocycles. The van der Waals surface area contributed by atoms with Gasteiger partial charge in [0.2, 0.25) is 11.2 Å². The average Bonchev–Trinajstić information content (AvgIpc) is 2.58. The van der Waals surface area contributed by atoms with E-state index in [2.05, 4.69) is 20.7 Å². The molecule has 6 nitrogen and oxygen atoms in total. The highest BCUT2D eigenvalue weighted by Gasteiger charge is 2.28. The van der Waals surface area contributed by atoms with Crippen molar-refractivity contribution in [3.63, 3.8) is 0 Å². The zero-order valence-electron chi connectivity index (χ0n) is 13.3. The van der Waals surface area contributed by atoms with Crippen LogP contribution in [0.2, 0.25) is 0 Å². The quantitative estimate of drug-likeness (QED) is 0.323. The van der Waals surface area contributed by atoms with Crippen molar-refractivity contribution in [3.8, 4) is 5.75 Å². The molecule has 0 amide bonds. The zero-order valence-corrected chi connectivity index (χ0v) is 14.9. The fraction of sp³-hybridized carbons (Fsp3) is 0.333. The summed E-state index contributed by atoms with van der Waals surface area (Å²) >= 11 is 3.11. The highest BCUT2D eigenvalue weighted by Crippen LogP contribution is 2.35. The summed E-state index contributed by atoms with van der Waals surface area (Å²) in [6.45, 7) is -2.00. The monoisotopic (exact) mass is 440 g/mol. The van der Waals surface area contributed by atoms with E-state index in [0.717, 1.165) is 10.8 Å². The number of fused-ring (bicyclic) bond motifs is 1. The molecule has 0 spiro atoms. The number of halogens is 5. The second-order valence-corrected chi connectivity index (χ2v) is 5.74. The summed E-state index contributed by atoms with van der Waals surface area (Å²) in [7, 11) is 0. The van der Waals surface area contributed by atoms with Crippen LogP contribution in [0.15, 0.2) is 11.0 Å². The van der Waals surface area contributed by atoms with Crippen LogP contribution in [0.3, 0.4) is 0 Å². The fourth-order valence-electron chi connectivity index (χ4n) is 2.41. The van der Waals surface area contributed by atoms with E-state index in [1.807, 2.05) is 0 Å². The van der Waals surface area contributed by atoms with Crippen LogP contribution in [0.1, 0.15) is 17.3 Å². The highest BCUT2D eigenvalue weighted by molar-refractivity contribution is 9.09. The minimum atomic E-state index is -3.48. The number of pyridine rings is 1. The van der Waals surface area contributed by atoms with E-state index in [9.17, 15) is 27.2 Å². The number of anilines is 1. The van der Waals surface area contributed by atoms with Gasteiger partial charge in [0.1, 0.15) is 11.1 Å². The Hall–Kier alpha value is -2.30. The number of hydrogen-bond acceptors (Lipinski definition) is 5. The van der Waals surface area contributed by atoms with Gasteiger partial charge in [0.15, 0.2) is 11.6 Å². The molecule has 2 aromatic rings. The Morgan fingerprint density at radius 3 is 2.54 bits per heavy atom. The van der Waals surface area contributed by atoms with Gasteiger partial charge in [-0.2, -0.15) is 13.2 Å². The van der Waals surface area contributed by atoms with Crippen LogP contribution in [0, 0.1) is 11.6 Å². The number of alkyl halides is 3. The molecule has 0 atom stereocenters. The molecule has 0 fully saturated rings. The number of aromatic nitrogens is 1. The highest BCUT2D eigenvalue weighted by atomic mass is 79.9. The lowest BCUT2D eigenvalue weighted by molar-refractivity contribution is -0.0516. The molecular weight excluding hydrogens is 428 g/mol. The summed E-state index contributed by atoms with van der Waals surface area (Å²) in [6, 6.07) is 0. The standard InChI is InChI=1S/C15H13BrF4N2O4/c1-2-25-14(24)6-5-22(4-3-16)11-7(12(6)23)10(21)8(17)9(18)13(11)26-15(19)20/h5,15H,2-4,21H2,1H3. The Morgan fingerprint density at radius 1 is 1.35 bits per heavy atom. The molecule has 1 heterocycles. The van der Waals surface area contributed by atoms with Gasteiger partial charge in [0.05, 0.1) is 17.7 Å². The van der Waals surface area contributed by atoms with Crippen LogP contribution < -0.4 is 15.9 Å². The number of esters is 1. The van der Waals surface area contributed by atoms with E-state index in [1.54, 1.807) is 0 Å². The van der Waals surface area contributed by atoms with Crippen LogP contribution in [-0.4, -0.2) is 29.1 Å². The van der Waals surface area contributed by atoms with E-state index < -0.39 is 57.5 Å². The van der Waals surface area contributed by atoms with E-state index >= 15 is 0 Å². The smallest absolute Gasteiger partial charge is 0.387 e. The lowest BCUT2D eigenvalue weighted by Crippen LogP contribution is -2.23. The van der Waals surface area contributed by atoms with E-state index in [-0.39, 0.29) is 18.5 Å². The van der Waals surface area contributed by atoms with Gasteiger partial charge in [-0.1, -0.05) is 15.9 Å². The maximum absolute atomic E-state index is 14.2. The minimum Gasteiger partial charge on any atom is -0.462 e. The van der Waals surface area contributed by atoms with Gasteiger partial charge in [0, 0.05) is 18.1 Å². The Balaban J connectivity index is 3.01. The summed E-state index contributed by atoms with van der Waals surface area (Å²) in [5.41, 5.74) is 2.51. The van der Waals surface area contributed by atoms with Crippen molar-refractivity contribution in [2.45, 2.75) is 20.1 Å². The van der Waals surface area contributed by atoms with Crippen LogP contribution in [-0.2, 0) is 11.3 Å². The summed E-state index contributed by atoms with van der Waals surface area (Å²) in [5, 5.41) is -0.411. The van der Waals surface area contributed by atoms with Crippen molar-refractivity contribution < 1.29 is 31.8 Å². The lowest BCUT2D eigenvalue weighted by atomic mass is 10.1. The van der Waals surface area contributed by atoms with Crippen molar-refractivity contribution in [1.29, 1.82) is 0 Å². The normalized spacial score (nSPS) is 11.2. The van der Waals surface area contributed by atoms with Crippen LogP contribution in [0.5, 0.6) is 5.75 Å². The topological polar surface area (TPSA) is 83.6 Å². The maximum atomic E-state index is 14.2. The van der Waals surface area contributed by atoms with Crippen molar-refractivity contribution in [2.24, 2.45) is 0 Å². The summed E-state index contributed by atoms with van der Waals surface area (Å²) in [5.74, 6) is -5.67. The van der Waals surface area contributed by atoms with Crippen molar-refractivity contribution >= 4 is 38.5 Å². The minimum absolute atomic E-state index is 0.00724. The van der Waals surface area contributed by atoms with Crippen molar-refractivity contribution in [2.75, 3.05) is 17.7 Å². The third-order valence-corrected chi connectivity index (χ3v) is 3.78. The number of nitrogen functional groups attached to an aromatic ring is 1. The lowest BCUT2D eigenvalue weighted by Gasteiger charge is -2.18. The first-order valence-electron chi connectivity index (χ1n) is 7.26. The van der Waals surface area contributed by atoms with E-state index in [1.165, 1.54) is 6.92 Å². The molecule has 0 saturated carbocycles. The third kappa shape index (κ3) is 3.48. The number of rotatable bonds is 6. The Labute approximate surface area is 152 Å². The summed E-state index contributed by atoms with van der Waals surface area (Å²) < 4.78 is 63.5. The van der Waals surface area contributed by atoms with Gasteiger partial charge in [-0.25, -0.2) is 9.18 Å². The predicted octanol–water partition coefficient (Wildman–Crippen LogP) is 3.03. The molecule has 142 valence electrons. The number of carbonyl (C=O) groups is 1. The molecular formula is C15H13BrF4N2O4. The molecule has 0 radical (unpaired) electrons. The summed E-state index contributed by atoms with van der Waals surface area (Å²) in [6.07, 6.45) is 0.999.